The van der Waals surface area contributed by atoms with Gasteiger partial charge in [-0.05, 0) is 17.7 Å². The first-order valence-electron chi connectivity index (χ1n) is 6.34. The maximum absolute atomic E-state index is 9.67. The monoisotopic (exact) mass is 269 g/mol. The molecule has 2 N–H and O–H groups in total. The van der Waals surface area contributed by atoms with Crippen LogP contribution in [-0.4, -0.2) is 51.8 Å². The lowest BCUT2D eigenvalue weighted by molar-refractivity contribution is 0.0137. The van der Waals surface area contributed by atoms with Gasteiger partial charge >= 0.3 is 0 Å². The van der Waals surface area contributed by atoms with E-state index < -0.39 is 6.10 Å². The van der Waals surface area contributed by atoms with Crippen molar-refractivity contribution < 1.29 is 19.3 Å². The number of aliphatic hydroxyl groups is 1. The lowest BCUT2D eigenvalue weighted by atomic mass is 10.2. The Morgan fingerprint density at radius 3 is 2.84 bits per heavy atom. The van der Waals surface area contributed by atoms with E-state index in [2.05, 4.69) is 5.32 Å². The van der Waals surface area contributed by atoms with Crippen molar-refractivity contribution in [3.05, 3.63) is 29.8 Å². The first-order valence-corrected chi connectivity index (χ1v) is 6.34. The highest BCUT2D eigenvalue weighted by Crippen LogP contribution is 2.11. The molecule has 0 saturated heterocycles. The van der Waals surface area contributed by atoms with Gasteiger partial charge in [0.15, 0.2) is 0 Å². The molecular formula is C14H23NO4. The Morgan fingerprint density at radius 2 is 2.11 bits per heavy atom. The molecule has 19 heavy (non-hydrogen) atoms. The van der Waals surface area contributed by atoms with Gasteiger partial charge in [-0.2, -0.15) is 0 Å². The zero-order valence-corrected chi connectivity index (χ0v) is 11.6. The summed E-state index contributed by atoms with van der Waals surface area (Å²) in [5.74, 6) is 0.836. The molecule has 1 aromatic rings. The summed E-state index contributed by atoms with van der Waals surface area (Å²) >= 11 is 0. The van der Waals surface area contributed by atoms with Crippen LogP contribution in [-0.2, 0) is 16.0 Å². The molecule has 1 unspecified atom stereocenters. The van der Waals surface area contributed by atoms with Gasteiger partial charge in [0.2, 0.25) is 0 Å². The van der Waals surface area contributed by atoms with E-state index in [1.54, 1.807) is 14.2 Å². The summed E-state index contributed by atoms with van der Waals surface area (Å²) in [4.78, 5) is 0. The Kier molecular flexibility index (Phi) is 8.16. The third-order valence-electron chi connectivity index (χ3n) is 2.59. The molecule has 1 aromatic carbocycles. The molecular weight excluding hydrogens is 246 g/mol. The maximum Gasteiger partial charge on any atom is 0.119 e. The second-order valence-electron chi connectivity index (χ2n) is 4.20. The van der Waals surface area contributed by atoms with Crippen LogP contribution in [0.4, 0.5) is 0 Å². The van der Waals surface area contributed by atoms with E-state index in [0.717, 1.165) is 11.3 Å². The van der Waals surface area contributed by atoms with Gasteiger partial charge in [-0.15, -0.1) is 0 Å². The molecule has 0 heterocycles. The Balaban J connectivity index is 2.15. The van der Waals surface area contributed by atoms with Gasteiger partial charge in [-0.3, -0.25) is 0 Å². The number of ether oxygens (including phenoxy) is 3. The predicted molar refractivity (Wildman–Crippen MR) is 73.4 cm³/mol. The predicted octanol–water partition coefficient (Wildman–Crippen LogP) is 0.809. The highest BCUT2D eigenvalue weighted by Gasteiger charge is 2.04. The molecule has 1 rings (SSSR count). The second kappa shape index (κ2) is 9.75. The summed E-state index contributed by atoms with van der Waals surface area (Å²) in [6.07, 6.45) is -0.512. The first kappa shape index (κ1) is 15.9. The summed E-state index contributed by atoms with van der Waals surface area (Å²) in [7, 11) is 3.27. The van der Waals surface area contributed by atoms with Crippen LogP contribution in [0.1, 0.15) is 5.56 Å². The van der Waals surface area contributed by atoms with Crippen molar-refractivity contribution in [1.82, 2.24) is 5.32 Å². The molecule has 0 fully saturated rings. The van der Waals surface area contributed by atoms with Crippen molar-refractivity contribution >= 4 is 0 Å². The van der Waals surface area contributed by atoms with Crippen molar-refractivity contribution in [3.63, 3.8) is 0 Å². The van der Waals surface area contributed by atoms with Gasteiger partial charge in [0.1, 0.15) is 5.75 Å². The van der Waals surface area contributed by atoms with Gasteiger partial charge in [0, 0.05) is 20.2 Å². The Bertz CT molecular complexity index is 346. The lowest BCUT2D eigenvalue weighted by Gasteiger charge is -2.12. The maximum atomic E-state index is 9.67. The van der Waals surface area contributed by atoms with Crippen LogP contribution >= 0.6 is 0 Å². The molecule has 5 nitrogen and oxygen atoms in total. The molecule has 0 saturated carbocycles. The quantitative estimate of drug-likeness (QED) is 0.616. The number of nitrogens with one attached hydrogen (secondary N) is 1. The molecule has 0 amide bonds. The van der Waals surface area contributed by atoms with Crippen LogP contribution in [0.5, 0.6) is 5.75 Å². The van der Waals surface area contributed by atoms with E-state index in [1.165, 1.54) is 0 Å². The molecule has 1 atom stereocenters. The van der Waals surface area contributed by atoms with E-state index in [9.17, 15) is 5.11 Å². The molecule has 0 aromatic heterocycles. The average molecular weight is 269 g/mol. The Labute approximate surface area is 114 Å². The van der Waals surface area contributed by atoms with Crippen molar-refractivity contribution in [3.8, 4) is 5.75 Å². The lowest BCUT2D eigenvalue weighted by Crippen LogP contribution is -2.30. The molecule has 5 heteroatoms. The molecule has 0 aliphatic rings. The molecule has 108 valence electrons. The van der Waals surface area contributed by atoms with E-state index in [1.807, 2.05) is 24.3 Å². The van der Waals surface area contributed by atoms with Gasteiger partial charge in [0.25, 0.3) is 0 Å². The van der Waals surface area contributed by atoms with Crippen molar-refractivity contribution in [1.29, 1.82) is 0 Å². The van der Waals surface area contributed by atoms with E-state index in [0.29, 0.717) is 32.9 Å². The summed E-state index contributed by atoms with van der Waals surface area (Å²) < 4.78 is 15.2. The fourth-order valence-corrected chi connectivity index (χ4v) is 1.59. The van der Waals surface area contributed by atoms with Gasteiger partial charge < -0.3 is 24.6 Å². The third kappa shape index (κ3) is 7.12. The van der Waals surface area contributed by atoms with Gasteiger partial charge in [0.05, 0.1) is 33.0 Å². The van der Waals surface area contributed by atoms with E-state index >= 15 is 0 Å². The Hall–Kier alpha value is -1.14. The summed E-state index contributed by atoms with van der Waals surface area (Å²) in [6, 6.07) is 7.83. The third-order valence-corrected chi connectivity index (χ3v) is 2.59. The smallest absolute Gasteiger partial charge is 0.119 e. The fourth-order valence-electron chi connectivity index (χ4n) is 1.59. The first-order chi connectivity index (χ1) is 9.26. The van der Waals surface area contributed by atoms with E-state index in [4.69, 9.17) is 14.2 Å². The van der Waals surface area contributed by atoms with Gasteiger partial charge in [-0.25, -0.2) is 0 Å². The van der Waals surface area contributed by atoms with E-state index in [-0.39, 0.29) is 0 Å². The zero-order chi connectivity index (χ0) is 13.9. The normalized spacial score (nSPS) is 12.4. The number of rotatable bonds is 10. The van der Waals surface area contributed by atoms with Crippen molar-refractivity contribution in [2.24, 2.45) is 0 Å². The summed E-state index contributed by atoms with van der Waals surface area (Å²) in [5, 5.41) is 12.9. The highest BCUT2D eigenvalue weighted by atomic mass is 16.5. The number of benzene rings is 1. The van der Waals surface area contributed by atoms with Crippen molar-refractivity contribution in [2.45, 2.75) is 12.6 Å². The minimum absolute atomic E-state index is 0.314. The molecule has 0 spiro atoms. The zero-order valence-electron chi connectivity index (χ0n) is 11.6. The fraction of sp³-hybridized carbons (Fsp3) is 0.571. The van der Waals surface area contributed by atoms with Crippen LogP contribution in [0.15, 0.2) is 24.3 Å². The SMILES string of the molecule is COCCOCC(O)CNCc1cccc(OC)c1. The minimum atomic E-state index is -0.512. The number of aliphatic hydroxyl groups excluding tert-OH is 1. The summed E-state index contributed by atoms with van der Waals surface area (Å²) in [6.45, 7) is 2.54. The number of hydrogen-bond acceptors (Lipinski definition) is 5. The van der Waals surface area contributed by atoms with Crippen LogP contribution in [0.2, 0.25) is 0 Å². The summed E-state index contributed by atoms with van der Waals surface area (Å²) in [5.41, 5.74) is 1.12. The average Bonchev–Trinajstić information content (AvgIpc) is 2.44. The molecule has 0 aliphatic heterocycles. The van der Waals surface area contributed by atoms with Gasteiger partial charge in [-0.1, -0.05) is 12.1 Å². The molecule has 0 aliphatic carbocycles. The van der Waals surface area contributed by atoms with Crippen LogP contribution in [0.3, 0.4) is 0 Å². The topological polar surface area (TPSA) is 60.0 Å². The highest BCUT2D eigenvalue weighted by molar-refractivity contribution is 5.28. The largest absolute Gasteiger partial charge is 0.497 e. The van der Waals surface area contributed by atoms with Crippen LogP contribution in [0, 0.1) is 0 Å². The molecule has 0 bridgehead atoms. The second-order valence-corrected chi connectivity index (χ2v) is 4.20. The Morgan fingerprint density at radius 1 is 1.26 bits per heavy atom. The number of hydrogen-bond donors (Lipinski definition) is 2. The van der Waals surface area contributed by atoms with Crippen LogP contribution in [0.25, 0.3) is 0 Å². The standard InChI is InChI=1S/C14H23NO4/c1-17-6-7-19-11-13(16)10-15-9-12-4-3-5-14(8-12)18-2/h3-5,8,13,15-16H,6-7,9-11H2,1-2H3. The molecule has 0 radical (unpaired) electrons. The van der Waals surface area contributed by atoms with Crippen LogP contribution < -0.4 is 10.1 Å². The number of methoxy groups -OCH3 is 2. The minimum Gasteiger partial charge on any atom is -0.497 e. The van der Waals surface area contributed by atoms with Crippen molar-refractivity contribution in [2.75, 3.05) is 40.6 Å².